The number of carbonyl (C=O) groups excluding carboxylic acids is 1. The van der Waals surface area contributed by atoms with Gasteiger partial charge in [-0.1, -0.05) is 72.3 Å². The number of alkyl carbamates (subject to hydrolysis) is 1. The molecule has 3 aromatic carbocycles. The fraction of sp³-hybridized carbons (Fsp3) is 0.167. The van der Waals surface area contributed by atoms with Gasteiger partial charge in [-0.25, -0.2) is 9.18 Å². The molecule has 5 nitrogen and oxygen atoms in total. The van der Waals surface area contributed by atoms with Crippen LogP contribution >= 0.6 is 11.6 Å². The number of amides is 1. The van der Waals surface area contributed by atoms with E-state index in [-0.39, 0.29) is 23.1 Å². The zero-order valence-electron chi connectivity index (χ0n) is 16.3. The van der Waals surface area contributed by atoms with Gasteiger partial charge in [-0.05, 0) is 28.3 Å². The standard InChI is InChI=1S/C24H19ClFNO4/c25-20-11-5-10-18(23(20)26)21(12-22(28)29)27-24(30)31-13-19-16-8-3-1-6-14(16)15-7-2-4-9-17(15)19/h1-11,19,21H,12-13H2,(H,27,30)(H,28,29)/t21-/m0/s1. The topological polar surface area (TPSA) is 75.6 Å². The third kappa shape index (κ3) is 4.25. The second-order valence-electron chi connectivity index (χ2n) is 7.26. The van der Waals surface area contributed by atoms with Gasteiger partial charge in [-0.15, -0.1) is 0 Å². The van der Waals surface area contributed by atoms with Crippen LogP contribution in [0.25, 0.3) is 11.1 Å². The highest BCUT2D eigenvalue weighted by Gasteiger charge is 2.30. The molecule has 1 amide bonds. The smallest absolute Gasteiger partial charge is 0.407 e. The van der Waals surface area contributed by atoms with Gasteiger partial charge in [-0.2, -0.15) is 0 Å². The Hall–Kier alpha value is -3.38. The molecular weight excluding hydrogens is 421 g/mol. The molecule has 1 aliphatic carbocycles. The summed E-state index contributed by atoms with van der Waals surface area (Å²) in [6.07, 6.45) is -1.34. The van der Waals surface area contributed by atoms with Gasteiger partial charge >= 0.3 is 12.1 Å². The Labute approximate surface area is 183 Å². The maximum atomic E-state index is 14.4. The summed E-state index contributed by atoms with van der Waals surface area (Å²) in [4.78, 5) is 23.8. The van der Waals surface area contributed by atoms with Crippen molar-refractivity contribution >= 4 is 23.7 Å². The van der Waals surface area contributed by atoms with E-state index in [1.165, 1.54) is 18.2 Å². The highest BCUT2D eigenvalue weighted by Crippen LogP contribution is 2.44. The Morgan fingerprint density at radius 1 is 1.00 bits per heavy atom. The molecule has 1 atom stereocenters. The first-order valence-electron chi connectivity index (χ1n) is 9.73. The van der Waals surface area contributed by atoms with Crippen LogP contribution in [0.4, 0.5) is 9.18 Å². The van der Waals surface area contributed by atoms with E-state index in [1.54, 1.807) is 0 Å². The van der Waals surface area contributed by atoms with Crippen LogP contribution in [0.5, 0.6) is 0 Å². The van der Waals surface area contributed by atoms with Gasteiger partial charge in [0.1, 0.15) is 12.4 Å². The van der Waals surface area contributed by atoms with Crippen molar-refractivity contribution < 1.29 is 23.8 Å². The number of nitrogens with one attached hydrogen (secondary N) is 1. The van der Waals surface area contributed by atoms with Crippen molar-refractivity contribution in [3.8, 4) is 11.1 Å². The summed E-state index contributed by atoms with van der Waals surface area (Å²) in [5, 5.41) is 11.5. The first kappa shape index (κ1) is 20.9. The van der Waals surface area contributed by atoms with E-state index in [9.17, 15) is 19.1 Å². The third-order valence-electron chi connectivity index (χ3n) is 5.37. The number of hydrogen-bond donors (Lipinski definition) is 2. The summed E-state index contributed by atoms with van der Waals surface area (Å²) in [6, 6.07) is 18.9. The minimum atomic E-state index is -1.19. The molecule has 0 saturated heterocycles. The molecule has 4 rings (SSSR count). The summed E-state index contributed by atoms with van der Waals surface area (Å²) >= 11 is 5.81. The first-order valence-corrected chi connectivity index (χ1v) is 10.1. The van der Waals surface area contributed by atoms with Crippen LogP contribution in [0.15, 0.2) is 66.7 Å². The maximum Gasteiger partial charge on any atom is 0.407 e. The van der Waals surface area contributed by atoms with E-state index in [1.807, 2.05) is 48.5 Å². The van der Waals surface area contributed by atoms with E-state index in [0.717, 1.165) is 22.3 Å². The molecule has 0 aromatic heterocycles. The molecule has 3 aromatic rings. The minimum Gasteiger partial charge on any atom is -0.481 e. The monoisotopic (exact) mass is 439 g/mol. The summed E-state index contributed by atoms with van der Waals surface area (Å²) in [5.41, 5.74) is 4.29. The molecule has 0 fully saturated rings. The number of aliphatic carboxylic acids is 1. The maximum absolute atomic E-state index is 14.4. The molecule has 31 heavy (non-hydrogen) atoms. The van der Waals surface area contributed by atoms with Crippen molar-refractivity contribution in [2.24, 2.45) is 0 Å². The van der Waals surface area contributed by atoms with Gasteiger partial charge in [0, 0.05) is 11.5 Å². The van der Waals surface area contributed by atoms with Crippen molar-refractivity contribution in [3.63, 3.8) is 0 Å². The van der Waals surface area contributed by atoms with Gasteiger partial charge in [-0.3, -0.25) is 4.79 Å². The van der Waals surface area contributed by atoms with E-state index in [0.29, 0.717) is 0 Å². The molecule has 1 aliphatic rings. The van der Waals surface area contributed by atoms with E-state index in [2.05, 4.69) is 5.32 Å². The molecule has 0 saturated carbocycles. The summed E-state index contributed by atoms with van der Waals surface area (Å²) in [7, 11) is 0. The molecule has 0 heterocycles. The van der Waals surface area contributed by atoms with Crippen LogP contribution < -0.4 is 5.32 Å². The molecule has 158 valence electrons. The predicted octanol–water partition coefficient (Wildman–Crippen LogP) is 5.53. The zero-order valence-corrected chi connectivity index (χ0v) is 17.1. The fourth-order valence-electron chi connectivity index (χ4n) is 3.99. The number of fused-ring (bicyclic) bond motifs is 3. The molecule has 0 radical (unpaired) electrons. The van der Waals surface area contributed by atoms with E-state index >= 15 is 0 Å². The van der Waals surface area contributed by atoms with Gasteiger partial charge in [0.15, 0.2) is 0 Å². The van der Waals surface area contributed by atoms with Gasteiger partial charge in [0.25, 0.3) is 0 Å². The van der Waals surface area contributed by atoms with Gasteiger partial charge in [0.05, 0.1) is 17.5 Å². The number of hydrogen-bond acceptors (Lipinski definition) is 3. The van der Waals surface area contributed by atoms with Crippen LogP contribution in [-0.4, -0.2) is 23.8 Å². The Balaban J connectivity index is 1.50. The number of halogens is 2. The molecule has 0 bridgehead atoms. The average molecular weight is 440 g/mol. The number of carbonyl (C=O) groups is 2. The first-order chi connectivity index (χ1) is 15.0. The normalized spacial score (nSPS) is 13.2. The second kappa shape index (κ2) is 8.78. The van der Waals surface area contributed by atoms with Gasteiger partial charge < -0.3 is 15.2 Å². The number of ether oxygens (including phenoxy) is 1. The quantitative estimate of drug-likeness (QED) is 0.529. The molecule has 7 heteroatoms. The lowest BCUT2D eigenvalue weighted by molar-refractivity contribution is -0.137. The molecular formula is C24H19ClFNO4. The average Bonchev–Trinajstić information content (AvgIpc) is 3.07. The van der Waals surface area contributed by atoms with Crippen LogP contribution in [0.2, 0.25) is 5.02 Å². The van der Waals surface area contributed by atoms with Crippen LogP contribution in [0.3, 0.4) is 0 Å². The van der Waals surface area contributed by atoms with Crippen molar-refractivity contribution in [1.82, 2.24) is 5.32 Å². The zero-order chi connectivity index (χ0) is 22.0. The molecule has 0 unspecified atom stereocenters. The third-order valence-corrected chi connectivity index (χ3v) is 5.66. The lowest BCUT2D eigenvalue weighted by atomic mass is 9.98. The Bertz CT molecular complexity index is 1100. The van der Waals surface area contributed by atoms with Crippen molar-refractivity contribution in [1.29, 1.82) is 0 Å². The van der Waals surface area contributed by atoms with E-state index < -0.39 is 30.3 Å². The number of rotatable bonds is 6. The number of carboxylic acid groups (broad SMARTS) is 1. The van der Waals surface area contributed by atoms with Crippen LogP contribution in [0, 0.1) is 5.82 Å². The molecule has 2 N–H and O–H groups in total. The van der Waals surface area contributed by atoms with Crippen molar-refractivity contribution in [2.75, 3.05) is 6.61 Å². The highest BCUT2D eigenvalue weighted by atomic mass is 35.5. The predicted molar refractivity (Wildman–Crippen MR) is 115 cm³/mol. The Kier molecular flexibility index (Phi) is 5.91. The van der Waals surface area contributed by atoms with Crippen LogP contribution in [-0.2, 0) is 9.53 Å². The fourth-order valence-corrected chi connectivity index (χ4v) is 4.17. The lowest BCUT2D eigenvalue weighted by Crippen LogP contribution is -2.32. The van der Waals surface area contributed by atoms with E-state index in [4.69, 9.17) is 16.3 Å². The Morgan fingerprint density at radius 3 is 2.23 bits per heavy atom. The summed E-state index contributed by atoms with van der Waals surface area (Å²) < 4.78 is 19.8. The SMILES string of the molecule is O=C(O)C[C@H](NC(=O)OCC1c2ccccc2-c2ccccc21)c1cccc(Cl)c1F. The minimum absolute atomic E-state index is 0.0107. The van der Waals surface area contributed by atoms with Crippen molar-refractivity contribution in [2.45, 2.75) is 18.4 Å². The number of carboxylic acids is 1. The van der Waals surface area contributed by atoms with Crippen LogP contribution in [0.1, 0.15) is 35.1 Å². The van der Waals surface area contributed by atoms with Crippen molar-refractivity contribution in [3.05, 3.63) is 94.3 Å². The Morgan fingerprint density at radius 2 is 1.61 bits per heavy atom. The second-order valence-corrected chi connectivity index (χ2v) is 7.67. The molecule has 0 aliphatic heterocycles. The largest absolute Gasteiger partial charge is 0.481 e. The highest BCUT2D eigenvalue weighted by molar-refractivity contribution is 6.30. The summed E-state index contributed by atoms with van der Waals surface area (Å²) in [5.74, 6) is -2.10. The number of benzene rings is 3. The lowest BCUT2D eigenvalue weighted by Gasteiger charge is -2.20. The van der Waals surface area contributed by atoms with Gasteiger partial charge in [0.2, 0.25) is 0 Å². The summed E-state index contributed by atoms with van der Waals surface area (Å²) in [6.45, 7) is 0.0671. The molecule has 0 spiro atoms.